The van der Waals surface area contributed by atoms with Gasteiger partial charge < -0.3 is 17.2 Å². The normalized spacial score (nSPS) is 13.7. The van der Waals surface area contributed by atoms with E-state index in [-0.39, 0.29) is 18.0 Å². The molecule has 6 N–H and O–H groups in total. The molecule has 0 aliphatic rings. The summed E-state index contributed by atoms with van der Waals surface area (Å²) in [6.45, 7) is 2.03. The van der Waals surface area contributed by atoms with Crippen molar-refractivity contribution in [2.75, 3.05) is 5.88 Å². The van der Waals surface area contributed by atoms with Crippen molar-refractivity contribution >= 4 is 23.5 Å². The van der Waals surface area contributed by atoms with Crippen LogP contribution >= 0.6 is 11.6 Å². The highest BCUT2D eigenvalue weighted by Crippen LogP contribution is 2.07. The minimum Gasteiger partial charge on any atom is -0.370 e. The molecule has 0 aromatic rings. The van der Waals surface area contributed by atoms with Gasteiger partial charge in [-0.1, -0.05) is 6.92 Å². The quantitative estimate of drug-likeness (QED) is 0.354. The van der Waals surface area contributed by atoms with Gasteiger partial charge in [-0.2, -0.15) is 4.99 Å². The maximum atomic E-state index is 5.58. The molecule has 6 heteroatoms. The summed E-state index contributed by atoms with van der Waals surface area (Å²) in [5.41, 5.74) is 15.8. The second kappa shape index (κ2) is 7.44. The zero-order valence-corrected chi connectivity index (χ0v) is 9.17. The lowest BCUT2D eigenvalue weighted by Crippen LogP contribution is -2.27. The largest absolute Gasteiger partial charge is 0.370 e. The number of rotatable bonds is 5. The highest BCUT2D eigenvalue weighted by molar-refractivity contribution is 6.17. The Bertz CT molecular complexity index is 210. The molecule has 1 atom stereocenters. The minimum atomic E-state index is -0.0709. The van der Waals surface area contributed by atoms with E-state index < -0.39 is 0 Å². The summed E-state index contributed by atoms with van der Waals surface area (Å²) in [6, 6.07) is 0.150. The van der Waals surface area contributed by atoms with E-state index in [9.17, 15) is 0 Å². The standard InChI is InChI=1S/C8H18ClN5/c1-2-6(4-3-5-9)13-8(12)14-7(10)11/h6H,2-5H2,1H3,(H6,10,11,12,13,14). The van der Waals surface area contributed by atoms with Gasteiger partial charge in [-0.05, 0) is 19.3 Å². The van der Waals surface area contributed by atoms with E-state index in [0.29, 0.717) is 5.88 Å². The molecule has 82 valence electrons. The number of hydrogen-bond donors (Lipinski definition) is 3. The summed E-state index contributed by atoms with van der Waals surface area (Å²) < 4.78 is 0. The molecule has 0 spiro atoms. The molecule has 0 bridgehead atoms. The zero-order chi connectivity index (χ0) is 11.0. The summed E-state index contributed by atoms with van der Waals surface area (Å²) >= 11 is 5.58. The molecular weight excluding hydrogens is 202 g/mol. The molecule has 0 amide bonds. The first-order valence-electron chi connectivity index (χ1n) is 4.59. The predicted molar refractivity (Wildman–Crippen MR) is 61.5 cm³/mol. The smallest absolute Gasteiger partial charge is 0.218 e. The molecule has 0 aliphatic heterocycles. The maximum Gasteiger partial charge on any atom is 0.218 e. The molecule has 5 nitrogen and oxygen atoms in total. The molecular formula is C8H18ClN5. The fraction of sp³-hybridized carbons (Fsp3) is 0.750. The molecule has 0 fully saturated rings. The highest BCUT2D eigenvalue weighted by atomic mass is 35.5. The van der Waals surface area contributed by atoms with Crippen LogP contribution in [-0.4, -0.2) is 23.8 Å². The van der Waals surface area contributed by atoms with Crippen LogP contribution in [0.2, 0.25) is 0 Å². The Kier molecular flexibility index (Phi) is 6.92. The number of guanidine groups is 2. The van der Waals surface area contributed by atoms with Gasteiger partial charge in [0.15, 0.2) is 5.96 Å². The SMILES string of the molecule is CCC(CCCCl)N=C(N)N=C(N)N. The number of halogens is 1. The number of alkyl halides is 1. The van der Waals surface area contributed by atoms with Crippen LogP contribution in [0, 0.1) is 0 Å². The van der Waals surface area contributed by atoms with Crippen molar-refractivity contribution in [3.63, 3.8) is 0 Å². The average molecular weight is 220 g/mol. The first-order valence-corrected chi connectivity index (χ1v) is 5.12. The van der Waals surface area contributed by atoms with E-state index in [2.05, 4.69) is 9.98 Å². The lowest BCUT2D eigenvalue weighted by Gasteiger charge is -2.08. The molecule has 14 heavy (non-hydrogen) atoms. The Balaban J connectivity index is 4.19. The molecule has 1 unspecified atom stereocenters. The van der Waals surface area contributed by atoms with Crippen LogP contribution in [0.4, 0.5) is 0 Å². The van der Waals surface area contributed by atoms with Gasteiger partial charge in [-0.15, -0.1) is 11.6 Å². The Hall–Kier alpha value is -0.970. The number of nitrogens with two attached hydrogens (primary N) is 3. The van der Waals surface area contributed by atoms with Crippen LogP contribution in [0.5, 0.6) is 0 Å². The van der Waals surface area contributed by atoms with E-state index >= 15 is 0 Å². The third kappa shape index (κ3) is 6.54. The summed E-state index contributed by atoms with van der Waals surface area (Å²) in [5.74, 6) is 0.693. The molecule has 0 saturated carbocycles. The van der Waals surface area contributed by atoms with E-state index in [1.54, 1.807) is 0 Å². The fourth-order valence-corrected chi connectivity index (χ4v) is 1.18. The van der Waals surface area contributed by atoms with E-state index in [1.807, 2.05) is 6.92 Å². The van der Waals surface area contributed by atoms with Crippen molar-refractivity contribution in [1.82, 2.24) is 0 Å². The molecule has 0 heterocycles. The first-order chi connectivity index (χ1) is 6.60. The van der Waals surface area contributed by atoms with E-state index in [0.717, 1.165) is 19.3 Å². The van der Waals surface area contributed by atoms with Gasteiger partial charge in [0.25, 0.3) is 0 Å². The maximum absolute atomic E-state index is 5.58. The van der Waals surface area contributed by atoms with Crippen LogP contribution in [0.1, 0.15) is 26.2 Å². The number of hydrogen-bond acceptors (Lipinski definition) is 1. The molecule has 0 aromatic heterocycles. The highest BCUT2D eigenvalue weighted by Gasteiger charge is 2.04. The van der Waals surface area contributed by atoms with E-state index in [1.165, 1.54) is 0 Å². The van der Waals surface area contributed by atoms with Crippen LogP contribution in [0.3, 0.4) is 0 Å². The monoisotopic (exact) mass is 219 g/mol. The lowest BCUT2D eigenvalue weighted by molar-refractivity contribution is 0.590. The fourth-order valence-electron chi connectivity index (χ4n) is 1.02. The van der Waals surface area contributed by atoms with Gasteiger partial charge in [-0.25, -0.2) is 4.99 Å². The Morgan fingerprint density at radius 1 is 1.36 bits per heavy atom. The van der Waals surface area contributed by atoms with Gasteiger partial charge in [-0.3, -0.25) is 0 Å². The first kappa shape index (κ1) is 13.0. The topological polar surface area (TPSA) is 103 Å². The molecule has 0 radical (unpaired) electrons. The van der Waals surface area contributed by atoms with Gasteiger partial charge in [0, 0.05) is 5.88 Å². The summed E-state index contributed by atoms with van der Waals surface area (Å²) in [7, 11) is 0. The van der Waals surface area contributed by atoms with E-state index in [4.69, 9.17) is 28.8 Å². The third-order valence-corrected chi connectivity index (χ3v) is 1.97. The Labute approximate surface area is 89.4 Å². The van der Waals surface area contributed by atoms with Gasteiger partial charge in [0.2, 0.25) is 5.96 Å². The average Bonchev–Trinajstić information content (AvgIpc) is 2.10. The molecule has 0 aromatic carbocycles. The van der Waals surface area contributed by atoms with Crippen molar-refractivity contribution in [1.29, 1.82) is 0 Å². The van der Waals surface area contributed by atoms with Crippen molar-refractivity contribution in [3.05, 3.63) is 0 Å². The predicted octanol–water partition coefficient (Wildman–Crippen LogP) is 0.372. The zero-order valence-electron chi connectivity index (χ0n) is 8.41. The molecule has 0 rings (SSSR count). The van der Waals surface area contributed by atoms with Crippen LogP contribution in [-0.2, 0) is 0 Å². The van der Waals surface area contributed by atoms with Gasteiger partial charge in [0.05, 0.1) is 6.04 Å². The summed E-state index contributed by atoms with van der Waals surface area (Å²) in [6.07, 6.45) is 2.72. The summed E-state index contributed by atoms with van der Waals surface area (Å²) in [4.78, 5) is 7.80. The number of aliphatic imine (C=N–C) groups is 2. The van der Waals surface area contributed by atoms with Crippen LogP contribution in [0.15, 0.2) is 9.98 Å². The van der Waals surface area contributed by atoms with Crippen molar-refractivity contribution in [2.45, 2.75) is 32.2 Å². The van der Waals surface area contributed by atoms with Gasteiger partial charge >= 0.3 is 0 Å². The molecule has 0 saturated heterocycles. The van der Waals surface area contributed by atoms with Gasteiger partial charge in [0.1, 0.15) is 0 Å². The Morgan fingerprint density at radius 2 is 2.00 bits per heavy atom. The second-order valence-corrected chi connectivity index (χ2v) is 3.30. The second-order valence-electron chi connectivity index (χ2n) is 2.92. The third-order valence-electron chi connectivity index (χ3n) is 1.70. The van der Waals surface area contributed by atoms with Crippen molar-refractivity contribution in [3.8, 4) is 0 Å². The number of nitrogens with zero attached hydrogens (tertiary/aromatic N) is 2. The van der Waals surface area contributed by atoms with Crippen LogP contribution < -0.4 is 17.2 Å². The minimum absolute atomic E-state index is 0.0709. The summed E-state index contributed by atoms with van der Waals surface area (Å²) in [5, 5.41) is 0. The van der Waals surface area contributed by atoms with Crippen molar-refractivity contribution < 1.29 is 0 Å². The van der Waals surface area contributed by atoms with Crippen LogP contribution in [0.25, 0.3) is 0 Å². The lowest BCUT2D eigenvalue weighted by atomic mass is 10.1. The Morgan fingerprint density at radius 3 is 2.43 bits per heavy atom. The van der Waals surface area contributed by atoms with Crippen molar-refractivity contribution in [2.24, 2.45) is 27.2 Å². The molecule has 0 aliphatic carbocycles.